The first-order chi connectivity index (χ1) is 9.04. The second-order valence-corrected chi connectivity index (χ2v) is 6.22. The zero-order chi connectivity index (χ0) is 14.0. The van der Waals surface area contributed by atoms with Crippen LogP contribution in [0.25, 0.3) is 0 Å². The van der Waals surface area contributed by atoms with Crippen molar-refractivity contribution in [3.05, 3.63) is 23.8 Å². The highest BCUT2D eigenvalue weighted by Crippen LogP contribution is 2.39. The molecule has 19 heavy (non-hydrogen) atoms. The third kappa shape index (κ3) is 2.84. The summed E-state index contributed by atoms with van der Waals surface area (Å²) in [7, 11) is 0. The lowest BCUT2D eigenvalue weighted by Crippen LogP contribution is -2.40. The van der Waals surface area contributed by atoms with Gasteiger partial charge in [0.25, 0.3) is 0 Å². The van der Waals surface area contributed by atoms with Crippen molar-refractivity contribution in [2.75, 3.05) is 11.4 Å². The number of amides is 1. The first-order valence-electron chi connectivity index (χ1n) is 6.67. The van der Waals surface area contributed by atoms with E-state index in [1.54, 1.807) is 18.7 Å². The fourth-order valence-corrected chi connectivity index (χ4v) is 3.28. The lowest BCUT2D eigenvalue weighted by molar-refractivity contribution is -0.118. The predicted molar refractivity (Wildman–Crippen MR) is 79.0 cm³/mol. The van der Waals surface area contributed by atoms with Gasteiger partial charge >= 0.3 is 0 Å². The average Bonchev–Trinajstić information content (AvgIpc) is 2.38. The monoisotopic (exact) mass is 277 g/mol. The Hall–Kier alpha value is -1.29. The second kappa shape index (κ2) is 5.78. The van der Waals surface area contributed by atoms with E-state index in [1.165, 1.54) is 0 Å². The number of rotatable bonds is 4. The minimum atomic E-state index is -0.0773. The van der Waals surface area contributed by atoms with E-state index in [0.29, 0.717) is 5.56 Å². The minimum Gasteiger partial charge on any atom is -0.310 e. The smallest absolute Gasteiger partial charge is 0.240 e. The second-order valence-electron chi connectivity index (χ2n) is 4.84. The number of unbranched alkanes of at least 4 members (excludes halogenated alkanes) is 1. The molecule has 1 aromatic carbocycles. The number of hydrogen-bond acceptors (Lipinski definition) is 3. The molecular formula is C15H19NO2S. The van der Waals surface area contributed by atoms with Crippen molar-refractivity contribution >= 4 is 29.1 Å². The van der Waals surface area contributed by atoms with E-state index in [9.17, 15) is 9.59 Å². The van der Waals surface area contributed by atoms with Crippen LogP contribution >= 0.6 is 11.8 Å². The van der Waals surface area contributed by atoms with Crippen molar-refractivity contribution in [2.24, 2.45) is 0 Å². The van der Waals surface area contributed by atoms with Crippen LogP contribution in [-0.2, 0) is 4.79 Å². The number of benzene rings is 1. The first kappa shape index (κ1) is 14.1. The van der Waals surface area contributed by atoms with E-state index in [0.717, 1.165) is 30.0 Å². The number of nitrogens with zero attached hydrogens (tertiary/aromatic N) is 1. The summed E-state index contributed by atoms with van der Waals surface area (Å²) < 4.78 is 0. The van der Waals surface area contributed by atoms with Crippen molar-refractivity contribution in [1.29, 1.82) is 0 Å². The van der Waals surface area contributed by atoms with E-state index in [1.807, 2.05) is 30.0 Å². The predicted octanol–water partition coefficient (Wildman–Crippen LogP) is 3.52. The molecule has 1 amide bonds. The van der Waals surface area contributed by atoms with Gasteiger partial charge in [-0.1, -0.05) is 13.3 Å². The lowest BCUT2D eigenvalue weighted by atomic mass is 10.1. The molecule has 1 aromatic rings. The van der Waals surface area contributed by atoms with Crippen LogP contribution in [0.1, 0.15) is 44.0 Å². The maximum Gasteiger partial charge on any atom is 0.240 e. The molecule has 1 aliphatic heterocycles. The van der Waals surface area contributed by atoms with Crippen molar-refractivity contribution in [3.63, 3.8) is 0 Å². The van der Waals surface area contributed by atoms with Crippen molar-refractivity contribution in [2.45, 2.75) is 43.8 Å². The van der Waals surface area contributed by atoms with Gasteiger partial charge in [-0.05, 0) is 38.5 Å². The van der Waals surface area contributed by atoms with E-state index in [2.05, 4.69) is 6.92 Å². The van der Waals surface area contributed by atoms with Gasteiger partial charge in [0.05, 0.1) is 10.9 Å². The number of carbonyl (C=O) groups excluding carboxylic acids is 2. The van der Waals surface area contributed by atoms with Crippen LogP contribution in [0.15, 0.2) is 23.1 Å². The van der Waals surface area contributed by atoms with Gasteiger partial charge < -0.3 is 4.90 Å². The van der Waals surface area contributed by atoms with Gasteiger partial charge in [-0.25, -0.2) is 0 Å². The SMILES string of the molecule is CCCCN1C(=O)C(C)Sc2cc(C(C)=O)ccc21. The summed E-state index contributed by atoms with van der Waals surface area (Å²) >= 11 is 1.55. The highest BCUT2D eigenvalue weighted by Gasteiger charge is 2.30. The largest absolute Gasteiger partial charge is 0.310 e. The van der Waals surface area contributed by atoms with E-state index >= 15 is 0 Å². The molecule has 0 aromatic heterocycles. The van der Waals surface area contributed by atoms with E-state index in [-0.39, 0.29) is 16.9 Å². The van der Waals surface area contributed by atoms with Crippen LogP contribution in [0.3, 0.4) is 0 Å². The van der Waals surface area contributed by atoms with Crippen molar-refractivity contribution in [3.8, 4) is 0 Å². The Bertz CT molecular complexity index is 513. The molecule has 0 N–H and O–H groups in total. The Labute approximate surface area is 118 Å². The van der Waals surface area contributed by atoms with Gasteiger partial charge in [-0.3, -0.25) is 9.59 Å². The molecule has 1 aliphatic rings. The van der Waals surface area contributed by atoms with Gasteiger partial charge in [0.1, 0.15) is 0 Å². The molecular weight excluding hydrogens is 258 g/mol. The zero-order valence-corrected chi connectivity index (χ0v) is 12.4. The summed E-state index contributed by atoms with van der Waals surface area (Å²) in [4.78, 5) is 26.6. The van der Waals surface area contributed by atoms with Gasteiger partial charge in [0.15, 0.2) is 5.78 Å². The highest BCUT2D eigenvalue weighted by atomic mass is 32.2. The number of anilines is 1. The number of carbonyl (C=O) groups is 2. The molecule has 0 bridgehead atoms. The molecule has 102 valence electrons. The number of hydrogen-bond donors (Lipinski definition) is 0. The van der Waals surface area contributed by atoms with Gasteiger partial charge in [-0.2, -0.15) is 0 Å². The van der Waals surface area contributed by atoms with Gasteiger partial charge in [-0.15, -0.1) is 11.8 Å². The van der Waals surface area contributed by atoms with Crippen LogP contribution in [0.2, 0.25) is 0 Å². The maximum absolute atomic E-state index is 12.3. The van der Waals surface area contributed by atoms with Gasteiger partial charge in [0, 0.05) is 17.0 Å². The molecule has 0 saturated heterocycles. The quantitative estimate of drug-likeness (QED) is 0.790. The van der Waals surface area contributed by atoms with Crippen molar-refractivity contribution in [1.82, 2.24) is 0 Å². The minimum absolute atomic E-state index is 0.0630. The molecule has 4 heteroatoms. The third-order valence-electron chi connectivity index (χ3n) is 3.31. The summed E-state index contributed by atoms with van der Waals surface area (Å²) in [5.41, 5.74) is 1.66. The van der Waals surface area contributed by atoms with Crippen LogP contribution in [-0.4, -0.2) is 23.5 Å². The maximum atomic E-state index is 12.3. The third-order valence-corrected chi connectivity index (χ3v) is 4.45. The molecule has 0 spiro atoms. The topological polar surface area (TPSA) is 37.4 Å². The van der Waals surface area contributed by atoms with Crippen LogP contribution in [0.5, 0.6) is 0 Å². The normalized spacial score (nSPS) is 18.4. The van der Waals surface area contributed by atoms with E-state index in [4.69, 9.17) is 0 Å². The number of Topliss-reactive ketones (excluding diaryl/α,β-unsaturated/α-hetero) is 1. The Balaban J connectivity index is 2.38. The number of fused-ring (bicyclic) bond motifs is 1. The Morgan fingerprint density at radius 1 is 1.42 bits per heavy atom. The summed E-state index contributed by atoms with van der Waals surface area (Å²) in [5.74, 6) is 0.231. The summed E-state index contributed by atoms with van der Waals surface area (Å²) in [5, 5.41) is -0.0773. The lowest BCUT2D eigenvalue weighted by Gasteiger charge is -2.32. The fourth-order valence-electron chi connectivity index (χ4n) is 2.18. The Kier molecular flexibility index (Phi) is 4.30. The molecule has 2 rings (SSSR count). The highest BCUT2D eigenvalue weighted by molar-refractivity contribution is 8.01. The Morgan fingerprint density at radius 3 is 2.79 bits per heavy atom. The first-order valence-corrected chi connectivity index (χ1v) is 7.55. The molecule has 1 unspecified atom stereocenters. The average molecular weight is 277 g/mol. The van der Waals surface area contributed by atoms with Crippen molar-refractivity contribution < 1.29 is 9.59 Å². The zero-order valence-electron chi connectivity index (χ0n) is 11.6. The number of ketones is 1. The van der Waals surface area contributed by atoms with Crippen LogP contribution in [0.4, 0.5) is 5.69 Å². The molecule has 0 fully saturated rings. The Morgan fingerprint density at radius 2 is 2.16 bits per heavy atom. The summed E-state index contributed by atoms with van der Waals surface area (Å²) in [6.45, 7) is 6.37. The number of thioether (sulfide) groups is 1. The summed E-state index contributed by atoms with van der Waals surface area (Å²) in [6.07, 6.45) is 2.06. The molecule has 1 atom stereocenters. The van der Waals surface area contributed by atoms with E-state index < -0.39 is 0 Å². The summed E-state index contributed by atoms with van der Waals surface area (Å²) in [6, 6.07) is 5.62. The molecule has 0 saturated carbocycles. The fraction of sp³-hybridized carbons (Fsp3) is 0.467. The van der Waals surface area contributed by atoms with Gasteiger partial charge in [0.2, 0.25) is 5.91 Å². The molecule has 1 heterocycles. The molecule has 0 aliphatic carbocycles. The molecule has 3 nitrogen and oxygen atoms in total. The van der Waals surface area contributed by atoms with Crippen LogP contribution < -0.4 is 4.90 Å². The molecule has 0 radical (unpaired) electrons. The standard InChI is InChI=1S/C15H19NO2S/c1-4-5-8-16-13-7-6-12(10(2)17)9-14(13)19-11(3)15(16)18/h6-7,9,11H,4-5,8H2,1-3H3. The van der Waals surface area contributed by atoms with Crippen LogP contribution in [0, 0.1) is 0 Å².